The van der Waals surface area contributed by atoms with Gasteiger partial charge in [0.25, 0.3) is 5.69 Å². The average molecular weight is 539 g/mol. The maximum atomic E-state index is 13.2. The largest absolute Gasteiger partial charge is 0.370 e. The standard InChI is InChI=1S/C22H30N8O6.ClH/c23-22(24)25-11-1-3-15(19(32)26-13-5-7-14(8-6-13)30(35)36)28-20(33)17-4-2-12-29(17)21(34)16-9-10-18(31)27-16;/h5-8,15-17H,1-4,9-12H2,(H,26,32)(H,27,31)(H,28,33)(H4,23,24,25);1H/t15-,16-,17-;/m0./s1. The zero-order valence-corrected chi connectivity index (χ0v) is 20.8. The number of nitrogens with one attached hydrogen (secondary N) is 5. The summed E-state index contributed by atoms with van der Waals surface area (Å²) in [6.45, 7) is 0.688. The van der Waals surface area contributed by atoms with Gasteiger partial charge in [-0.25, -0.2) is 0 Å². The van der Waals surface area contributed by atoms with Gasteiger partial charge in [-0.2, -0.15) is 0 Å². The molecule has 0 spiro atoms. The summed E-state index contributed by atoms with van der Waals surface area (Å²) in [5, 5.41) is 28.7. The smallest absolute Gasteiger partial charge is 0.269 e. The molecule has 2 aliphatic heterocycles. The molecule has 0 bridgehead atoms. The predicted molar refractivity (Wildman–Crippen MR) is 136 cm³/mol. The van der Waals surface area contributed by atoms with Crippen LogP contribution in [0.1, 0.15) is 38.5 Å². The number of likely N-dealkylation sites (tertiary alicyclic amines) is 1. The maximum absolute atomic E-state index is 13.2. The van der Waals surface area contributed by atoms with E-state index in [4.69, 9.17) is 11.1 Å². The van der Waals surface area contributed by atoms with Crippen molar-refractivity contribution in [1.82, 2.24) is 20.9 Å². The van der Waals surface area contributed by atoms with Crippen LogP contribution < -0.4 is 27.0 Å². The highest BCUT2D eigenvalue weighted by Gasteiger charge is 2.40. The number of nitro benzene ring substituents is 1. The molecule has 0 aliphatic carbocycles. The minimum Gasteiger partial charge on any atom is -0.370 e. The van der Waals surface area contributed by atoms with Gasteiger partial charge in [0.05, 0.1) is 4.92 Å². The molecule has 0 saturated carbocycles. The number of nitrogens with zero attached hydrogens (tertiary/aromatic N) is 2. The van der Waals surface area contributed by atoms with E-state index < -0.39 is 34.9 Å². The fourth-order valence-corrected chi connectivity index (χ4v) is 4.26. The number of carbonyl (C=O) groups is 4. The number of benzene rings is 1. The number of halogens is 1. The summed E-state index contributed by atoms with van der Waals surface area (Å²) in [5.41, 5.74) is 5.48. The van der Waals surface area contributed by atoms with Crippen molar-refractivity contribution in [1.29, 1.82) is 5.41 Å². The number of amides is 4. The number of rotatable bonds is 10. The summed E-state index contributed by atoms with van der Waals surface area (Å²) in [7, 11) is 0. The van der Waals surface area contributed by atoms with Crippen LogP contribution >= 0.6 is 12.4 Å². The Morgan fingerprint density at radius 1 is 1.24 bits per heavy atom. The molecular formula is C22H31ClN8O6. The molecule has 2 fully saturated rings. The molecule has 1 aromatic carbocycles. The maximum Gasteiger partial charge on any atom is 0.269 e. The van der Waals surface area contributed by atoms with Crippen LogP contribution in [0.2, 0.25) is 0 Å². The van der Waals surface area contributed by atoms with Gasteiger partial charge in [-0.3, -0.25) is 34.7 Å². The van der Waals surface area contributed by atoms with E-state index in [1.54, 1.807) is 0 Å². The number of nitro groups is 1. The number of guanidine groups is 1. The number of anilines is 1. The van der Waals surface area contributed by atoms with E-state index in [9.17, 15) is 29.3 Å². The van der Waals surface area contributed by atoms with E-state index in [1.165, 1.54) is 29.2 Å². The van der Waals surface area contributed by atoms with Crippen molar-refractivity contribution in [2.45, 2.75) is 56.7 Å². The van der Waals surface area contributed by atoms with Crippen molar-refractivity contribution in [3.8, 4) is 0 Å². The summed E-state index contributed by atoms with van der Waals surface area (Å²) in [6, 6.07) is 2.90. The van der Waals surface area contributed by atoms with E-state index in [-0.39, 0.29) is 48.7 Å². The molecule has 2 aliphatic rings. The Balaban J connectivity index is 0.00000481. The summed E-state index contributed by atoms with van der Waals surface area (Å²) in [5.74, 6) is -1.73. The van der Waals surface area contributed by atoms with E-state index in [1.807, 2.05) is 0 Å². The summed E-state index contributed by atoms with van der Waals surface area (Å²) in [4.78, 5) is 62.3. The molecule has 37 heavy (non-hydrogen) atoms. The van der Waals surface area contributed by atoms with Crippen molar-refractivity contribution >= 4 is 53.4 Å². The number of hydrogen-bond acceptors (Lipinski definition) is 7. The Hall–Kier alpha value is -3.94. The van der Waals surface area contributed by atoms with Crippen LogP contribution in [0.5, 0.6) is 0 Å². The topological polar surface area (TPSA) is 213 Å². The molecule has 7 N–H and O–H groups in total. The molecule has 14 nitrogen and oxygen atoms in total. The first kappa shape index (κ1) is 29.3. The van der Waals surface area contributed by atoms with Crippen LogP contribution in [-0.4, -0.2) is 70.6 Å². The molecule has 202 valence electrons. The van der Waals surface area contributed by atoms with Crippen LogP contribution in [0.15, 0.2) is 24.3 Å². The van der Waals surface area contributed by atoms with Crippen LogP contribution in [0.3, 0.4) is 0 Å². The number of non-ortho nitro benzene ring substituents is 1. The number of hydrogen-bond donors (Lipinski definition) is 6. The second kappa shape index (κ2) is 13.4. The summed E-state index contributed by atoms with van der Waals surface area (Å²) in [6.07, 6.45) is 2.31. The van der Waals surface area contributed by atoms with Gasteiger partial charge in [0.2, 0.25) is 23.6 Å². The van der Waals surface area contributed by atoms with Crippen molar-refractivity contribution in [2.75, 3.05) is 18.4 Å². The van der Waals surface area contributed by atoms with Gasteiger partial charge in [-0.15, -0.1) is 12.4 Å². The van der Waals surface area contributed by atoms with Gasteiger partial charge in [-0.05, 0) is 44.2 Å². The predicted octanol–water partition coefficient (Wildman–Crippen LogP) is -0.0272. The highest BCUT2D eigenvalue weighted by molar-refractivity contribution is 5.99. The lowest BCUT2D eigenvalue weighted by Crippen LogP contribution is -2.54. The van der Waals surface area contributed by atoms with Crippen LogP contribution in [0.25, 0.3) is 0 Å². The molecule has 2 saturated heterocycles. The highest BCUT2D eigenvalue weighted by Crippen LogP contribution is 2.22. The minimum atomic E-state index is -0.967. The Bertz CT molecular complexity index is 1040. The second-order valence-corrected chi connectivity index (χ2v) is 8.69. The van der Waals surface area contributed by atoms with Gasteiger partial charge < -0.3 is 31.9 Å². The molecule has 2 heterocycles. The quantitative estimate of drug-likeness (QED) is 0.0780. The average Bonchev–Trinajstić information content (AvgIpc) is 3.50. The summed E-state index contributed by atoms with van der Waals surface area (Å²) >= 11 is 0. The van der Waals surface area contributed by atoms with Gasteiger partial charge in [0, 0.05) is 37.3 Å². The van der Waals surface area contributed by atoms with Crippen molar-refractivity contribution < 1.29 is 24.1 Å². The minimum absolute atomic E-state index is 0. The van der Waals surface area contributed by atoms with Gasteiger partial charge in [0.1, 0.15) is 18.1 Å². The van der Waals surface area contributed by atoms with Crippen molar-refractivity contribution in [2.24, 2.45) is 5.73 Å². The third kappa shape index (κ3) is 8.03. The second-order valence-electron chi connectivity index (χ2n) is 8.69. The highest BCUT2D eigenvalue weighted by atomic mass is 35.5. The Morgan fingerprint density at radius 3 is 2.54 bits per heavy atom. The zero-order chi connectivity index (χ0) is 26.2. The van der Waals surface area contributed by atoms with Crippen LogP contribution in [-0.2, 0) is 19.2 Å². The molecule has 4 amide bonds. The number of carbonyl (C=O) groups excluding carboxylic acids is 4. The third-order valence-corrected chi connectivity index (χ3v) is 6.10. The van der Waals surface area contributed by atoms with E-state index in [2.05, 4.69) is 21.3 Å². The molecule has 0 aromatic heterocycles. The van der Waals surface area contributed by atoms with Gasteiger partial charge in [0.15, 0.2) is 5.96 Å². The fourth-order valence-electron chi connectivity index (χ4n) is 4.26. The molecule has 0 radical (unpaired) electrons. The SMILES string of the molecule is Cl.N=C(N)NCCC[C@H](NC(=O)[C@@H]1CCCN1C(=O)[C@@H]1CCC(=O)N1)C(=O)Nc1ccc([N+](=O)[O-])cc1. The molecule has 15 heteroatoms. The lowest BCUT2D eigenvalue weighted by molar-refractivity contribution is -0.384. The van der Waals surface area contributed by atoms with E-state index in [0.29, 0.717) is 44.5 Å². The lowest BCUT2D eigenvalue weighted by atomic mass is 10.1. The van der Waals surface area contributed by atoms with Crippen LogP contribution in [0.4, 0.5) is 11.4 Å². The van der Waals surface area contributed by atoms with Gasteiger partial charge >= 0.3 is 0 Å². The van der Waals surface area contributed by atoms with E-state index >= 15 is 0 Å². The normalized spacial score (nSPS) is 19.2. The zero-order valence-electron chi connectivity index (χ0n) is 20.0. The first-order valence-electron chi connectivity index (χ1n) is 11.7. The lowest BCUT2D eigenvalue weighted by Gasteiger charge is -2.28. The monoisotopic (exact) mass is 538 g/mol. The Morgan fingerprint density at radius 2 is 1.95 bits per heavy atom. The van der Waals surface area contributed by atoms with Crippen molar-refractivity contribution in [3.63, 3.8) is 0 Å². The molecule has 3 atom stereocenters. The van der Waals surface area contributed by atoms with E-state index in [0.717, 1.165) is 0 Å². The van der Waals surface area contributed by atoms with Gasteiger partial charge in [-0.1, -0.05) is 0 Å². The Labute approximate surface area is 219 Å². The first-order chi connectivity index (χ1) is 17.2. The molecular weight excluding hydrogens is 508 g/mol. The molecule has 1 aromatic rings. The number of nitrogens with two attached hydrogens (primary N) is 1. The fraction of sp³-hybridized carbons (Fsp3) is 0.500. The van der Waals surface area contributed by atoms with Crippen molar-refractivity contribution in [3.05, 3.63) is 34.4 Å². The van der Waals surface area contributed by atoms with Crippen LogP contribution in [0, 0.1) is 15.5 Å². The molecule has 0 unspecified atom stereocenters. The Kier molecular flexibility index (Phi) is 10.6. The third-order valence-electron chi connectivity index (χ3n) is 6.10. The molecule has 3 rings (SSSR count). The first-order valence-corrected chi connectivity index (χ1v) is 11.7. The summed E-state index contributed by atoms with van der Waals surface area (Å²) < 4.78 is 0.